The molecule has 1 N–H and O–H groups in total. The van der Waals surface area contributed by atoms with Crippen LogP contribution in [0.15, 0.2) is 37.2 Å². The van der Waals surface area contributed by atoms with Gasteiger partial charge in [0.2, 0.25) is 0 Å². The van der Waals surface area contributed by atoms with Crippen LogP contribution >= 0.6 is 0 Å². The lowest BCUT2D eigenvalue weighted by Crippen LogP contribution is -2.41. The van der Waals surface area contributed by atoms with Crippen molar-refractivity contribution in [1.82, 2.24) is 19.4 Å². The third-order valence-corrected chi connectivity index (χ3v) is 3.90. The molecule has 1 aliphatic rings. The van der Waals surface area contributed by atoms with Crippen LogP contribution in [0.2, 0.25) is 0 Å². The maximum atomic E-state index is 12.3. The minimum atomic E-state index is -0.0980. The average Bonchev–Trinajstić information content (AvgIpc) is 3.09. The Morgan fingerprint density at radius 2 is 2.14 bits per heavy atom. The van der Waals surface area contributed by atoms with E-state index in [0.29, 0.717) is 17.5 Å². The van der Waals surface area contributed by atoms with Crippen LogP contribution in [0, 0.1) is 0 Å². The van der Waals surface area contributed by atoms with Crippen LogP contribution in [0.4, 0.5) is 10.5 Å². The second-order valence-electron chi connectivity index (χ2n) is 5.27. The quantitative estimate of drug-likeness (QED) is 0.943. The van der Waals surface area contributed by atoms with Crippen LogP contribution in [0.1, 0.15) is 18.9 Å². The zero-order chi connectivity index (χ0) is 15.4. The summed E-state index contributed by atoms with van der Waals surface area (Å²) in [6, 6.07) is 2.08. The molecule has 1 fully saturated rings. The van der Waals surface area contributed by atoms with Crippen molar-refractivity contribution in [2.45, 2.75) is 18.9 Å². The number of carbonyl (C=O) groups excluding carboxylic acids is 1. The van der Waals surface area contributed by atoms with Gasteiger partial charge in [0, 0.05) is 37.6 Å². The van der Waals surface area contributed by atoms with Crippen molar-refractivity contribution in [2.24, 2.45) is 0 Å². The molecule has 1 saturated heterocycles. The predicted molar refractivity (Wildman–Crippen MR) is 81.9 cm³/mol. The first kappa shape index (κ1) is 14.4. The number of amides is 2. The van der Waals surface area contributed by atoms with Crippen molar-refractivity contribution in [3.63, 3.8) is 0 Å². The summed E-state index contributed by atoms with van der Waals surface area (Å²) >= 11 is 0. The molecule has 0 saturated carbocycles. The van der Waals surface area contributed by atoms with Crippen molar-refractivity contribution < 1.29 is 9.53 Å². The second-order valence-corrected chi connectivity index (χ2v) is 5.27. The normalized spacial score (nSPS) is 15.6. The number of urea groups is 1. The Balaban J connectivity index is 1.55. The Labute approximate surface area is 128 Å². The van der Waals surface area contributed by atoms with Crippen molar-refractivity contribution in [3.05, 3.63) is 37.2 Å². The highest BCUT2D eigenvalue weighted by Gasteiger charge is 2.23. The van der Waals surface area contributed by atoms with Crippen LogP contribution in [-0.2, 0) is 0 Å². The molecule has 22 heavy (non-hydrogen) atoms. The van der Waals surface area contributed by atoms with E-state index in [4.69, 9.17) is 4.74 Å². The molecule has 116 valence electrons. The highest BCUT2D eigenvalue weighted by atomic mass is 16.5. The molecule has 0 radical (unpaired) electrons. The molecule has 2 aromatic heterocycles. The van der Waals surface area contributed by atoms with Crippen LogP contribution in [0.5, 0.6) is 5.75 Å². The summed E-state index contributed by atoms with van der Waals surface area (Å²) < 4.78 is 7.21. The number of ether oxygens (including phenoxy) is 1. The fraction of sp³-hybridized carbons (Fsp3) is 0.400. The molecule has 0 aliphatic carbocycles. The lowest BCUT2D eigenvalue weighted by atomic mass is 10.1. The number of imidazole rings is 1. The van der Waals surface area contributed by atoms with Gasteiger partial charge in [0.1, 0.15) is 5.75 Å². The number of rotatable bonds is 3. The molecule has 0 spiro atoms. The third-order valence-electron chi connectivity index (χ3n) is 3.90. The zero-order valence-corrected chi connectivity index (χ0v) is 12.5. The number of pyridine rings is 1. The molecule has 0 unspecified atom stereocenters. The third kappa shape index (κ3) is 3.19. The Hall–Kier alpha value is -2.57. The van der Waals surface area contributed by atoms with Crippen LogP contribution in [-0.4, -0.2) is 45.7 Å². The van der Waals surface area contributed by atoms with E-state index in [2.05, 4.69) is 19.9 Å². The van der Waals surface area contributed by atoms with E-state index in [0.717, 1.165) is 25.9 Å². The fourth-order valence-corrected chi connectivity index (χ4v) is 2.65. The molecule has 2 aromatic rings. The summed E-state index contributed by atoms with van der Waals surface area (Å²) in [5, 5.41) is 2.86. The van der Waals surface area contributed by atoms with Gasteiger partial charge in [-0.15, -0.1) is 0 Å². The molecule has 7 heteroatoms. The standard InChI is InChI=1S/C15H19N5O2/c1-22-14-8-12(9-17-10-14)18-15(21)19-5-2-13(3-6-19)20-7-4-16-11-20/h4,7-11,13H,2-3,5-6H2,1H3,(H,18,21). The number of carbonyl (C=O) groups is 1. The monoisotopic (exact) mass is 301 g/mol. The lowest BCUT2D eigenvalue weighted by Gasteiger charge is -2.32. The van der Waals surface area contributed by atoms with Gasteiger partial charge < -0.3 is 19.5 Å². The minimum Gasteiger partial charge on any atom is -0.495 e. The number of methoxy groups -OCH3 is 1. The second kappa shape index (κ2) is 6.46. The van der Waals surface area contributed by atoms with Gasteiger partial charge >= 0.3 is 6.03 Å². The van der Waals surface area contributed by atoms with E-state index >= 15 is 0 Å². The SMILES string of the molecule is COc1cncc(NC(=O)N2CCC(n3ccnc3)CC2)c1. The van der Waals surface area contributed by atoms with Gasteiger partial charge in [-0.1, -0.05) is 0 Å². The molecule has 0 aromatic carbocycles. The first-order chi connectivity index (χ1) is 10.8. The smallest absolute Gasteiger partial charge is 0.321 e. The summed E-state index contributed by atoms with van der Waals surface area (Å²) in [5.41, 5.74) is 0.640. The van der Waals surface area contributed by atoms with E-state index < -0.39 is 0 Å². The number of likely N-dealkylation sites (tertiary alicyclic amines) is 1. The first-order valence-corrected chi connectivity index (χ1v) is 7.28. The minimum absolute atomic E-state index is 0.0980. The largest absolute Gasteiger partial charge is 0.495 e. The highest BCUT2D eigenvalue weighted by molar-refractivity contribution is 5.89. The molecule has 2 amide bonds. The van der Waals surface area contributed by atoms with Gasteiger partial charge in [-0.3, -0.25) is 4.98 Å². The summed E-state index contributed by atoms with van der Waals surface area (Å²) in [7, 11) is 1.57. The number of hydrogen-bond donors (Lipinski definition) is 1. The average molecular weight is 301 g/mol. The van der Waals surface area contributed by atoms with E-state index in [9.17, 15) is 4.79 Å². The van der Waals surface area contributed by atoms with Gasteiger partial charge in [0.05, 0.1) is 31.5 Å². The molecular formula is C15H19N5O2. The molecular weight excluding hydrogens is 282 g/mol. The van der Waals surface area contributed by atoms with Crippen LogP contribution in [0.25, 0.3) is 0 Å². The number of anilines is 1. The van der Waals surface area contributed by atoms with E-state index in [1.165, 1.54) is 0 Å². The van der Waals surface area contributed by atoms with Gasteiger partial charge in [0.25, 0.3) is 0 Å². The van der Waals surface area contributed by atoms with Gasteiger partial charge in [0.15, 0.2) is 0 Å². The van der Waals surface area contributed by atoms with Crippen molar-refractivity contribution in [3.8, 4) is 5.75 Å². The maximum absolute atomic E-state index is 12.3. The van der Waals surface area contributed by atoms with Crippen molar-refractivity contribution >= 4 is 11.7 Å². The number of nitrogens with one attached hydrogen (secondary N) is 1. The van der Waals surface area contributed by atoms with E-state index in [1.807, 2.05) is 17.4 Å². The Bertz CT molecular complexity index is 621. The van der Waals surface area contributed by atoms with Crippen LogP contribution < -0.4 is 10.1 Å². The number of piperidine rings is 1. The van der Waals surface area contributed by atoms with E-state index in [1.54, 1.807) is 31.8 Å². The number of hydrogen-bond acceptors (Lipinski definition) is 4. The molecule has 3 rings (SSSR count). The molecule has 0 bridgehead atoms. The first-order valence-electron chi connectivity index (χ1n) is 7.28. The summed E-state index contributed by atoms with van der Waals surface area (Å²) in [6.07, 6.45) is 10.7. The van der Waals surface area contributed by atoms with E-state index in [-0.39, 0.29) is 6.03 Å². The number of aromatic nitrogens is 3. The summed E-state index contributed by atoms with van der Waals surface area (Å²) in [6.45, 7) is 1.46. The molecule has 0 atom stereocenters. The van der Waals surface area contributed by atoms with Crippen molar-refractivity contribution in [2.75, 3.05) is 25.5 Å². The Kier molecular flexibility index (Phi) is 4.22. The van der Waals surface area contributed by atoms with Crippen molar-refractivity contribution in [1.29, 1.82) is 0 Å². The topological polar surface area (TPSA) is 72.3 Å². The van der Waals surface area contributed by atoms with Gasteiger partial charge in [-0.05, 0) is 12.8 Å². The Morgan fingerprint density at radius 3 is 2.82 bits per heavy atom. The predicted octanol–water partition coefficient (Wildman–Crippen LogP) is 2.16. The van der Waals surface area contributed by atoms with Crippen LogP contribution in [0.3, 0.4) is 0 Å². The maximum Gasteiger partial charge on any atom is 0.321 e. The number of nitrogens with zero attached hydrogens (tertiary/aromatic N) is 4. The molecule has 3 heterocycles. The zero-order valence-electron chi connectivity index (χ0n) is 12.5. The highest BCUT2D eigenvalue weighted by Crippen LogP contribution is 2.23. The summed E-state index contributed by atoms with van der Waals surface area (Å²) in [4.78, 5) is 22.2. The van der Waals surface area contributed by atoms with Gasteiger partial charge in [-0.25, -0.2) is 9.78 Å². The molecule has 7 nitrogen and oxygen atoms in total. The lowest BCUT2D eigenvalue weighted by molar-refractivity contribution is 0.183. The molecule has 1 aliphatic heterocycles. The Morgan fingerprint density at radius 1 is 1.32 bits per heavy atom. The van der Waals surface area contributed by atoms with Gasteiger partial charge in [-0.2, -0.15) is 0 Å². The summed E-state index contributed by atoms with van der Waals surface area (Å²) in [5.74, 6) is 0.622. The fourth-order valence-electron chi connectivity index (χ4n) is 2.65.